The molecule has 11 nitrogen and oxygen atoms in total. The minimum Gasteiger partial charge on any atom is -0.385 e. The number of nitrogens with one attached hydrogen (secondary N) is 1. The van der Waals surface area contributed by atoms with Gasteiger partial charge in [0, 0.05) is 63.1 Å². The Morgan fingerprint density at radius 2 is 1.84 bits per heavy atom. The summed E-state index contributed by atoms with van der Waals surface area (Å²) in [5.41, 5.74) is 0.727. The summed E-state index contributed by atoms with van der Waals surface area (Å²) in [6.07, 6.45) is 2.22. The van der Waals surface area contributed by atoms with Gasteiger partial charge in [0.15, 0.2) is 20.7 Å². The molecule has 2 aliphatic rings. The molecule has 1 amide bonds. The summed E-state index contributed by atoms with van der Waals surface area (Å²) in [6, 6.07) is 6.31. The van der Waals surface area contributed by atoms with E-state index in [1.807, 2.05) is 0 Å². The van der Waals surface area contributed by atoms with Crippen LogP contribution < -0.4 is 5.32 Å². The van der Waals surface area contributed by atoms with Crippen LogP contribution in [0.1, 0.15) is 16.9 Å². The number of carbonyl (C=O) groups excluding carboxylic acids is 1. The molecule has 38 heavy (non-hydrogen) atoms. The molecule has 1 aromatic carbocycles. The number of hydrazone groups is 1. The summed E-state index contributed by atoms with van der Waals surface area (Å²) < 4.78 is 35.7. The lowest BCUT2D eigenvalue weighted by Gasteiger charge is -2.31. The molecule has 0 unspecified atom stereocenters. The van der Waals surface area contributed by atoms with Gasteiger partial charge in [0.05, 0.1) is 37.0 Å². The Labute approximate surface area is 228 Å². The lowest BCUT2D eigenvalue weighted by atomic mass is 10.1. The maximum Gasteiger partial charge on any atom is 0.278 e. The average Bonchev–Trinajstić information content (AvgIpc) is 3.36. The van der Waals surface area contributed by atoms with Gasteiger partial charge >= 0.3 is 0 Å². The van der Waals surface area contributed by atoms with Gasteiger partial charge in [-0.15, -0.1) is 11.3 Å². The van der Waals surface area contributed by atoms with Gasteiger partial charge in [-0.2, -0.15) is 5.10 Å². The molecule has 2 fully saturated rings. The highest BCUT2D eigenvalue weighted by Crippen LogP contribution is 2.21. The first kappa shape index (κ1) is 28.6. The number of likely N-dealkylation sites (N-methyl/N-ethyl adjacent to an activating group) is 1. The monoisotopic (exact) mass is 564 g/mol. The van der Waals surface area contributed by atoms with Gasteiger partial charge in [-0.05, 0) is 25.6 Å². The van der Waals surface area contributed by atoms with Gasteiger partial charge in [-0.25, -0.2) is 13.4 Å². The number of sulfone groups is 1. The minimum atomic E-state index is -3.45. The zero-order valence-electron chi connectivity index (χ0n) is 22.0. The van der Waals surface area contributed by atoms with Crippen LogP contribution in [0.3, 0.4) is 0 Å². The third kappa shape index (κ3) is 8.04. The first-order chi connectivity index (χ1) is 18.3. The maximum atomic E-state index is 13.4. The molecule has 2 aromatic rings. The van der Waals surface area contributed by atoms with Gasteiger partial charge in [0.2, 0.25) is 0 Å². The van der Waals surface area contributed by atoms with Crippen molar-refractivity contribution in [2.75, 3.05) is 84.3 Å². The second-order valence-corrected chi connectivity index (χ2v) is 12.6. The normalized spacial score (nSPS) is 18.1. The third-order valence-corrected chi connectivity index (χ3v) is 9.16. The number of piperazine rings is 1. The molecular weight excluding hydrogens is 528 g/mol. The van der Waals surface area contributed by atoms with Crippen molar-refractivity contribution in [3.05, 3.63) is 40.9 Å². The number of benzene rings is 1. The van der Waals surface area contributed by atoms with Gasteiger partial charge in [-0.3, -0.25) is 20.0 Å². The number of amides is 1. The van der Waals surface area contributed by atoms with E-state index in [1.165, 1.54) is 23.5 Å². The Kier molecular flexibility index (Phi) is 10.2. The van der Waals surface area contributed by atoms with Crippen molar-refractivity contribution in [3.8, 4) is 0 Å². The highest BCUT2D eigenvalue weighted by atomic mass is 32.2. The predicted octanol–water partition coefficient (Wildman–Crippen LogP) is 1.38. The molecule has 2 saturated heterocycles. The number of methoxy groups -OCH3 is 1. The van der Waals surface area contributed by atoms with Crippen LogP contribution in [0.25, 0.3) is 0 Å². The van der Waals surface area contributed by atoms with Gasteiger partial charge in [0.1, 0.15) is 0 Å². The van der Waals surface area contributed by atoms with Crippen LogP contribution in [0, 0.1) is 0 Å². The molecule has 3 heterocycles. The van der Waals surface area contributed by atoms with E-state index in [9.17, 15) is 13.2 Å². The summed E-state index contributed by atoms with van der Waals surface area (Å²) in [5.74, 6) is -0.400. The summed E-state index contributed by atoms with van der Waals surface area (Å²) >= 11 is 1.45. The molecule has 0 aliphatic carbocycles. The Morgan fingerprint density at radius 3 is 2.53 bits per heavy atom. The number of anilines is 1. The van der Waals surface area contributed by atoms with Crippen molar-refractivity contribution in [1.82, 2.24) is 19.8 Å². The zero-order valence-corrected chi connectivity index (χ0v) is 23.6. The molecule has 2 aliphatic heterocycles. The lowest BCUT2D eigenvalue weighted by Crippen LogP contribution is -2.43. The van der Waals surface area contributed by atoms with Gasteiger partial charge in [0.25, 0.3) is 5.91 Å². The fraction of sp³-hybridized carbons (Fsp3) is 0.560. The number of carbonyl (C=O) groups is 1. The molecule has 0 radical (unpaired) electrons. The van der Waals surface area contributed by atoms with Crippen LogP contribution in [-0.4, -0.2) is 119 Å². The molecule has 1 aromatic heterocycles. The molecule has 208 valence electrons. The van der Waals surface area contributed by atoms with Crippen LogP contribution in [0.2, 0.25) is 0 Å². The predicted molar refractivity (Wildman–Crippen MR) is 147 cm³/mol. The topological polar surface area (TPSA) is 117 Å². The van der Waals surface area contributed by atoms with Crippen LogP contribution in [-0.2, 0) is 30.7 Å². The highest BCUT2D eigenvalue weighted by Gasteiger charge is 2.22. The standard InChI is InChI=1S/C25H36N6O5S2/c1-29-8-10-30(11-9-29)19-21-18-26-25(37-21)27-24(32)23(28-31-12-15-36-16-13-31)20-4-6-22(7-5-20)38(33,34)17-3-14-35-2/h4-7,18H,3,8-17,19H2,1-2H3,(H,26,27,32)/b28-23+. The van der Waals surface area contributed by atoms with E-state index in [0.29, 0.717) is 50.0 Å². The Bertz CT molecular complexity index is 1190. The second-order valence-electron chi connectivity index (χ2n) is 9.37. The van der Waals surface area contributed by atoms with E-state index in [-0.39, 0.29) is 16.4 Å². The molecular formula is C25H36N6O5S2. The highest BCUT2D eigenvalue weighted by molar-refractivity contribution is 7.91. The van der Waals surface area contributed by atoms with Crippen molar-refractivity contribution in [2.24, 2.45) is 5.10 Å². The van der Waals surface area contributed by atoms with Gasteiger partial charge < -0.3 is 14.4 Å². The van der Waals surface area contributed by atoms with Crippen LogP contribution >= 0.6 is 11.3 Å². The largest absolute Gasteiger partial charge is 0.385 e. The first-order valence-electron chi connectivity index (χ1n) is 12.7. The van der Waals surface area contributed by atoms with Crippen LogP contribution in [0.15, 0.2) is 40.5 Å². The molecule has 4 rings (SSSR count). The van der Waals surface area contributed by atoms with Crippen molar-refractivity contribution in [3.63, 3.8) is 0 Å². The lowest BCUT2D eigenvalue weighted by molar-refractivity contribution is -0.110. The molecule has 0 atom stereocenters. The number of thiazole rings is 1. The summed E-state index contributed by atoms with van der Waals surface area (Å²) in [6.45, 7) is 7.45. The van der Waals surface area contributed by atoms with E-state index < -0.39 is 15.7 Å². The van der Waals surface area contributed by atoms with Crippen molar-refractivity contribution >= 4 is 37.9 Å². The molecule has 0 bridgehead atoms. The van der Waals surface area contributed by atoms with Crippen molar-refractivity contribution in [1.29, 1.82) is 0 Å². The van der Waals surface area contributed by atoms with E-state index in [2.05, 4.69) is 32.2 Å². The van der Waals surface area contributed by atoms with E-state index in [1.54, 1.807) is 30.4 Å². The Morgan fingerprint density at radius 1 is 1.13 bits per heavy atom. The van der Waals surface area contributed by atoms with E-state index in [4.69, 9.17) is 9.47 Å². The number of nitrogens with zero attached hydrogens (tertiary/aromatic N) is 5. The minimum absolute atomic E-state index is 0.00406. The quantitative estimate of drug-likeness (QED) is 0.319. The second kappa shape index (κ2) is 13.6. The fourth-order valence-electron chi connectivity index (χ4n) is 4.18. The van der Waals surface area contributed by atoms with Gasteiger partial charge in [-0.1, -0.05) is 12.1 Å². The van der Waals surface area contributed by atoms with E-state index in [0.717, 1.165) is 37.6 Å². The molecule has 0 saturated carbocycles. The van der Waals surface area contributed by atoms with Crippen molar-refractivity contribution < 1.29 is 22.7 Å². The first-order valence-corrected chi connectivity index (χ1v) is 15.2. The number of hydrogen-bond acceptors (Lipinski definition) is 11. The van der Waals surface area contributed by atoms with Crippen LogP contribution in [0.5, 0.6) is 0 Å². The molecule has 1 N–H and O–H groups in total. The Balaban J connectivity index is 1.48. The smallest absolute Gasteiger partial charge is 0.278 e. The number of morpholine rings is 1. The number of hydrogen-bond donors (Lipinski definition) is 1. The summed E-state index contributed by atoms with van der Waals surface area (Å²) in [7, 11) is 0.226. The number of rotatable bonds is 11. The van der Waals surface area contributed by atoms with E-state index >= 15 is 0 Å². The maximum absolute atomic E-state index is 13.4. The zero-order chi connectivity index (χ0) is 27.0. The van der Waals surface area contributed by atoms with Crippen molar-refractivity contribution in [2.45, 2.75) is 17.9 Å². The molecule has 13 heteroatoms. The molecule has 0 spiro atoms. The number of ether oxygens (including phenoxy) is 2. The third-order valence-electron chi connectivity index (χ3n) is 6.44. The Hall–Kier alpha value is -2.42. The summed E-state index contributed by atoms with van der Waals surface area (Å²) in [4.78, 5) is 23.8. The SMILES string of the molecule is COCCCS(=O)(=O)c1ccc(/C(=N\N2CCOCC2)C(=O)Nc2ncc(CN3CCN(C)CC3)s2)cc1. The fourth-order valence-corrected chi connectivity index (χ4v) is 6.32. The number of aromatic nitrogens is 1. The average molecular weight is 565 g/mol. The summed E-state index contributed by atoms with van der Waals surface area (Å²) in [5, 5.41) is 9.82. The van der Waals surface area contributed by atoms with Crippen LogP contribution in [0.4, 0.5) is 5.13 Å².